The molecule has 0 amide bonds. The summed E-state index contributed by atoms with van der Waals surface area (Å²) in [5.41, 5.74) is 7.49. The lowest BCUT2D eigenvalue weighted by Gasteiger charge is -2.38. The van der Waals surface area contributed by atoms with Gasteiger partial charge in [-0.1, -0.05) is 111 Å². The third-order valence-corrected chi connectivity index (χ3v) is 9.13. The molecule has 210 valence electrons. The van der Waals surface area contributed by atoms with E-state index in [0.717, 1.165) is 44.7 Å². The van der Waals surface area contributed by atoms with Crippen LogP contribution in [0.3, 0.4) is 0 Å². The summed E-state index contributed by atoms with van der Waals surface area (Å²) in [4.78, 5) is 0. The molecule has 0 spiro atoms. The van der Waals surface area contributed by atoms with Crippen LogP contribution in [-0.4, -0.2) is 0 Å². The summed E-state index contributed by atoms with van der Waals surface area (Å²) in [6, 6.07) is 45.4. The van der Waals surface area contributed by atoms with Crippen LogP contribution in [0.5, 0.6) is 17.2 Å². The smallest absolute Gasteiger partial charge is 0.178 e. The van der Waals surface area contributed by atoms with Gasteiger partial charge in [0.2, 0.25) is 0 Å². The molecule has 0 fully saturated rings. The first kappa shape index (κ1) is 26.1. The molecule has 8 rings (SSSR count). The average molecular weight is 568 g/mol. The van der Waals surface area contributed by atoms with Crippen molar-refractivity contribution in [3.8, 4) is 34.4 Å². The third kappa shape index (κ3) is 3.81. The van der Waals surface area contributed by atoms with E-state index in [0.29, 0.717) is 5.56 Å². The summed E-state index contributed by atoms with van der Waals surface area (Å²) >= 11 is 0. The topological polar surface area (TPSA) is 42.2 Å². The molecule has 6 aromatic carbocycles. The van der Waals surface area contributed by atoms with Crippen LogP contribution >= 0.6 is 0 Å². The minimum atomic E-state index is -0.847. The summed E-state index contributed by atoms with van der Waals surface area (Å²) in [5, 5.41) is 11.9. The normalized spacial score (nSPS) is 17.2. The molecule has 44 heavy (non-hydrogen) atoms. The fraction of sp³-hybridized carbons (Fsp3) is 0.0976. The first-order valence-electron chi connectivity index (χ1n) is 14.9. The fourth-order valence-electron chi connectivity index (χ4n) is 7.06. The van der Waals surface area contributed by atoms with Gasteiger partial charge in [-0.15, -0.1) is 0 Å². The highest BCUT2D eigenvalue weighted by Gasteiger charge is 2.44. The Bertz CT molecular complexity index is 2140. The van der Waals surface area contributed by atoms with Crippen LogP contribution in [0.25, 0.3) is 28.0 Å². The Labute approximate surface area is 257 Å². The minimum Gasteiger partial charge on any atom is -0.472 e. The monoisotopic (exact) mass is 567 g/mol. The number of hydrogen-bond donors (Lipinski definition) is 0. The Balaban J connectivity index is 1.33. The fourth-order valence-corrected chi connectivity index (χ4v) is 7.06. The lowest BCUT2D eigenvalue weighted by Crippen LogP contribution is -2.35. The van der Waals surface area contributed by atoms with Crippen LogP contribution in [-0.2, 0) is 11.0 Å². The predicted octanol–water partition coefficient (Wildman–Crippen LogP) is 10.2. The van der Waals surface area contributed by atoms with Crippen molar-refractivity contribution < 1.29 is 9.47 Å². The Morgan fingerprint density at radius 1 is 0.682 bits per heavy atom. The number of ether oxygens (including phenoxy) is 2. The van der Waals surface area contributed by atoms with Gasteiger partial charge in [-0.25, -0.2) is 0 Å². The third-order valence-electron chi connectivity index (χ3n) is 9.13. The summed E-state index contributed by atoms with van der Waals surface area (Å²) in [6.07, 6.45) is 4.46. The number of benzene rings is 6. The SMILES string of the molecule is CC1(C)c2cc(C#N)ccc2-c2c1c1c(c3ccccc23)OC(c2ccccc2)(c2ccc(Oc3ccccc3)cc2)C=C1. The van der Waals surface area contributed by atoms with E-state index >= 15 is 0 Å². The van der Waals surface area contributed by atoms with Gasteiger partial charge in [0, 0.05) is 27.5 Å². The van der Waals surface area contributed by atoms with Gasteiger partial charge in [0.15, 0.2) is 5.60 Å². The maximum Gasteiger partial charge on any atom is 0.178 e. The van der Waals surface area contributed by atoms with Crippen molar-refractivity contribution in [2.75, 3.05) is 0 Å². The molecular weight excluding hydrogens is 538 g/mol. The van der Waals surface area contributed by atoms with E-state index in [2.05, 4.69) is 105 Å². The van der Waals surface area contributed by atoms with Gasteiger partial charge in [-0.05, 0) is 70.1 Å². The Kier molecular flexibility index (Phi) is 5.76. The molecule has 1 aliphatic carbocycles. The van der Waals surface area contributed by atoms with Gasteiger partial charge < -0.3 is 9.47 Å². The van der Waals surface area contributed by atoms with E-state index < -0.39 is 5.60 Å². The summed E-state index contributed by atoms with van der Waals surface area (Å²) in [7, 11) is 0. The number of fused-ring (bicyclic) bond motifs is 8. The number of para-hydroxylation sites is 1. The van der Waals surface area contributed by atoms with E-state index in [1.54, 1.807) is 0 Å². The molecule has 3 nitrogen and oxygen atoms in total. The zero-order valence-electron chi connectivity index (χ0n) is 24.5. The van der Waals surface area contributed by atoms with Crippen molar-refractivity contribution in [2.24, 2.45) is 0 Å². The van der Waals surface area contributed by atoms with Gasteiger partial charge in [-0.3, -0.25) is 0 Å². The average Bonchev–Trinajstić information content (AvgIpc) is 3.32. The highest BCUT2D eigenvalue weighted by Crippen LogP contribution is 2.58. The quantitative estimate of drug-likeness (QED) is 0.213. The van der Waals surface area contributed by atoms with Crippen molar-refractivity contribution in [2.45, 2.75) is 24.9 Å². The standard InChI is InChI=1S/C41H29NO2/c1-40(2)36-25-27(26-42)17-22-34(36)37-32-15-9-10-16-33(32)39-35(38(37)40)23-24-41(44-39,28-11-5-3-6-12-28)29-18-20-31(21-19-29)43-30-13-7-4-8-14-30/h3-25H,1-2H3. The first-order valence-corrected chi connectivity index (χ1v) is 14.9. The number of nitrogens with zero attached hydrogens (tertiary/aromatic N) is 1. The molecule has 2 aliphatic rings. The highest BCUT2D eigenvalue weighted by atomic mass is 16.5. The molecule has 0 N–H and O–H groups in total. The molecule has 6 aromatic rings. The van der Waals surface area contributed by atoms with Gasteiger partial charge in [0.05, 0.1) is 11.6 Å². The first-order chi connectivity index (χ1) is 21.5. The number of hydrogen-bond acceptors (Lipinski definition) is 3. The molecular formula is C41H29NO2. The Morgan fingerprint density at radius 3 is 2.05 bits per heavy atom. The van der Waals surface area contributed by atoms with Crippen molar-refractivity contribution >= 4 is 16.8 Å². The van der Waals surface area contributed by atoms with Gasteiger partial charge >= 0.3 is 0 Å². The molecule has 1 aliphatic heterocycles. The number of rotatable bonds is 4. The summed E-state index contributed by atoms with van der Waals surface area (Å²) < 4.78 is 13.5. The number of nitriles is 1. The lowest BCUT2D eigenvalue weighted by atomic mass is 9.76. The van der Waals surface area contributed by atoms with Crippen molar-refractivity contribution in [3.63, 3.8) is 0 Å². The van der Waals surface area contributed by atoms with E-state index in [-0.39, 0.29) is 5.41 Å². The second kappa shape index (κ2) is 9.73. The molecule has 0 bridgehead atoms. The maximum absolute atomic E-state index is 9.70. The van der Waals surface area contributed by atoms with E-state index in [4.69, 9.17) is 9.47 Å². The predicted molar refractivity (Wildman–Crippen MR) is 176 cm³/mol. The van der Waals surface area contributed by atoms with Crippen LogP contribution in [0, 0.1) is 11.3 Å². The molecule has 1 unspecified atom stereocenters. The van der Waals surface area contributed by atoms with Crippen molar-refractivity contribution in [3.05, 3.63) is 167 Å². The van der Waals surface area contributed by atoms with Crippen molar-refractivity contribution in [1.82, 2.24) is 0 Å². The molecule has 1 atom stereocenters. The maximum atomic E-state index is 9.70. The summed E-state index contributed by atoms with van der Waals surface area (Å²) in [6.45, 7) is 4.51. The van der Waals surface area contributed by atoms with Crippen LogP contribution in [0.2, 0.25) is 0 Å². The van der Waals surface area contributed by atoms with Crippen LogP contribution in [0.1, 0.15) is 47.2 Å². The van der Waals surface area contributed by atoms with Crippen LogP contribution in [0.4, 0.5) is 0 Å². The second-order valence-electron chi connectivity index (χ2n) is 12.0. The van der Waals surface area contributed by atoms with E-state index in [1.165, 1.54) is 22.3 Å². The van der Waals surface area contributed by atoms with Gasteiger partial charge in [0.1, 0.15) is 17.2 Å². The van der Waals surface area contributed by atoms with E-state index in [9.17, 15) is 5.26 Å². The molecule has 0 saturated carbocycles. The lowest BCUT2D eigenvalue weighted by molar-refractivity contribution is 0.163. The molecule has 3 heteroatoms. The molecule has 0 radical (unpaired) electrons. The van der Waals surface area contributed by atoms with Crippen LogP contribution in [0.15, 0.2) is 133 Å². The second-order valence-corrected chi connectivity index (χ2v) is 12.0. The molecule has 0 saturated heterocycles. The molecule has 0 aromatic heterocycles. The largest absolute Gasteiger partial charge is 0.472 e. The Morgan fingerprint density at radius 2 is 1.32 bits per heavy atom. The minimum absolute atomic E-state index is 0.317. The van der Waals surface area contributed by atoms with Gasteiger partial charge in [0.25, 0.3) is 0 Å². The van der Waals surface area contributed by atoms with E-state index in [1.807, 2.05) is 54.6 Å². The van der Waals surface area contributed by atoms with Crippen LogP contribution < -0.4 is 9.47 Å². The Hall–Kier alpha value is -5.59. The zero-order chi connectivity index (χ0) is 29.9. The van der Waals surface area contributed by atoms with Gasteiger partial charge in [-0.2, -0.15) is 5.26 Å². The van der Waals surface area contributed by atoms with Crippen molar-refractivity contribution in [1.29, 1.82) is 5.26 Å². The zero-order valence-corrected chi connectivity index (χ0v) is 24.5. The molecule has 1 heterocycles. The highest BCUT2D eigenvalue weighted by molar-refractivity contribution is 6.08. The summed E-state index contributed by atoms with van der Waals surface area (Å²) in [5.74, 6) is 2.44.